The standard InChI is InChI=1S/C20H30O/c1-16(8-6-9-17(2)13-15-21)11-12-19-18(3)10-7-14-20(19,4)5/h6,8-9,11-13,21H,7,10,14-15H2,1-5H3/b9-6+,12-11-,16-8-,17-13+. The first-order valence-electron chi connectivity index (χ1n) is 7.87. The molecule has 0 amide bonds. The molecule has 1 aliphatic carbocycles. The Morgan fingerprint density at radius 2 is 1.90 bits per heavy atom. The zero-order valence-corrected chi connectivity index (χ0v) is 14.2. The number of aliphatic hydroxyl groups excluding tert-OH is 1. The number of rotatable bonds is 5. The van der Waals surface area contributed by atoms with Crippen LogP contribution in [-0.2, 0) is 0 Å². The van der Waals surface area contributed by atoms with E-state index in [4.69, 9.17) is 5.11 Å². The van der Waals surface area contributed by atoms with E-state index in [9.17, 15) is 0 Å². The molecule has 0 heterocycles. The number of hydrogen-bond acceptors (Lipinski definition) is 1. The molecule has 1 N–H and O–H groups in total. The summed E-state index contributed by atoms with van der Waals surface area (Å²) in [5, 5.41) is 8.81. The van der Waals surface area contributed by atoms with E-state index >= 15 is 0 Å². The van der Waals surface area contributed by atoms with E-state index in [0.29, 0.717) is 5.41 Å². The van der Waals surface area contributed by atoms with Gasteiger partial charge in [0.1, 0.15) is 0 Å². The van der Waals surface area contributed by atoms with Gasteiger partial charge in [-0.25, -0.2) is 0 Å². The van der Waals surface area contributed by atoms with Gasteiger partial charge in [-0.1, -0.05) is 67.0 Å². The van der Waals surface area contributed by atoms with Gasteiger partial charge in [0, 0.05) is 0 Å². The zero-order chi connectivity index (χ0) is 15.9. The fourth-order valence-corrected chi connectivity index (χ4v) is 2.84. The van der Waals surface area contributed by atoms with E-state index in [-0.39, 0.29) is 6.61 Å². The summed E-state index contributed by atoms with van der Waals surface area (Å²) in [5.41, 5.74) is 5.66. The zero-order valence-electron chi connectivity index (χ0n) is 14.2. The van der Waals surface area contributed by atoms with Crippen molar-refractivity contribution in [3.05, 3.63) is 58.7 Å². The van der Waals surface area contributed by atoms with Crippen molar-refractivity contribution in [1.29, 1.82) is 0 Å². The first kappa shape index (κ1) is 17.7. The Balaban J connectivity index is 2.78. The molecule has 116 valence electrons. The third-order valence-electron chi connectivity index (χ3n) is 4.19. The molecule has 1 rings (SSSR count). The fourth-order valence-electron chi connectivity index (χ4n) is 2.84. The van der Waals surface area contributed by atoms with Crippen LogP contribution in [0.3, 0.4) is 0 Å². The molecule has 0 aromatic rings. The Hall–Kier alpha value is -1.34. The molecule has 0 saturated heterocycles. The molecule has 0 fully saturated rings. The Bertz CT molecular complexity index is 496. The van der Waals surface area contributed by atoms with Gasteiger partial charge in [-0.3, -0.25) is 0 Å². The highest BCUT2D eigenvalue weighted by Gasteiger charge is 2.26. The Labute approximate surface area is 130 Å². The quantitative estimate of drug-likeness (QED) is 0.661. The van der Waals surface area contributed by atoms with Crippen molar-refractivity contribution < 1.29 is 5.11 Å². The van der Waals surface area contributed by atoms with Crippen LogP contribution in [0.15, 0.2) is 58.7 Å². The van der Waals surface area contributed by atoms with Gasteiger partial charge in [-0.05, 0) is 51.0 Å². The molecule has 0 spiro atoms. The third kappa shape index (κ3) is 5.89. The second-order valence-corrected chi connectivity index (χ2v) is 6.67. The molecular formula is C20H30O. The van der Waals surface area contributed by atoms with E-state index < -0.39 is 0 Å². The molecule has 0 bridgehead atoms. The van der Waals surface area contributed by atoms with Crippen LogP contribution in [-0.4, -0.2) is 11.7 Å². The van der Waals surface area contributed by atoms with Crippen molar-refractivity contribution in [2.75, 3.05) is 6.61 Å². The lowest BCUT2D eigenvalue weighted by molar-refractivity contribution is 0.342. The summed E-state index contributed by atoms with van der Waals surface area (Å²) in [4.78, 5) is 0. The Morgan fingerprint density at radius 1 is 1.19 bits per heavy atom. The van der Waals surface area contributed by atoms with Crippen LogP contribution >= 0.6 is 0 Å². The highest BCUT2D eigenvalue weighted by molar-refractivity contribution is 5.37. The molecule has 1 aliphatic rings. The molecule has 1 nitrogen and oxygen atoms in total. The smallest absolute Gasteiger partial charge is 0.0617 e. The number of allylic oxidation sites excluding steroid dienone is 9. The molecule has 0 unspecified atom stereocenters. The lowest BCUT2D eigenvalue weighted by atomic mass is 9.72. The van der Waals surface area contributed by atoms with Crippen molar-refractivity contribution in [3.63, 3.8) is 0 Å². The van der Waals surface area contributed by atoms with Gasteiger partial charge >= 0.3 is 0 Å². The third-order valence-corrected chi connectivity index (χ3v) is 4.19. The largest absolute Gasteiger partial charge is 0.392 e. The minimum atomic E-state index is 0.0985. The lowest BCUT2D eigenvalue weighted by Crippen LogP contribution is -2.19. The van der Waals surface area contributed by atoms with Crippen LogP contribution in [0.25, 0.3) is 0 Å². The summed E-state index contributed by atoms with van der Waals surface area (Å²) in [6, 6.07) is 0. The maximum Gasteiger partial charge on any atom is 0.0617 e. The summed E-state index contributed by atoms with van der Waals surface area (Å²) in [7, 11) is 0. The average molecular weight is 286 g/mol. The van der Waals surface area contributed by atoms with Crippen LogP contribution in [0.2, 0.25) is 0 Å². The average Bonchev–Trinajstić information content (AvgIpc) is 2.37. The van der Waals surface area contributed by atoms with Crippen LogP contribution < -0.4 is 0 Å². The van der Waals surface area contributed by atoms with Gasteiger partial charge in [0.2, 0.25) is 0 Å². The van der Waals surface area contributed by atoms with Crippen LogP contribution in [0.5, 0.6) is 0 Å². The van der Waals surface area contributed by atoms with Crippen molar-refractivity contribution in [2.45, 2.75) is 53.9 Å². The van der Waals surface area contributed by atoms with E-state index in [2.05, 4.69) is 45.9 Å². The predicted molar refractivity (Wildman–Crippen MR) is 93.2 cm³/mol. The summed E-state index contributed by atoms with van der Waals surface area (Å²) < 4.78 is 0. The van der Waals surface area contributed by atoms with E-state index in [1.165, 1.54) is 36.0 Å². The van der Waals surface area contributed by atoms with Gasteiger partial charge in [-0.2, -0.15) is 0 Å². The minimum Gasteiger partial charge on any atom is -0.392 e. The molecule has 21 heavy (non-hydrogen) atoms. The van der Waals surface area contributed by atoms with Crippen molar-refractivity contribution in [2.24, 2.45) is 5.41 Å². The molecule has 1 heteroatoms. The van der Waals surface area contributed by atoms with Crippen molar-refractivity contribution in [3.8, 4) is 0 Å². The van der Waals surface area contributed by atoms with E-state index in [0.717, 1.165) is 5.57 Å². The summed E-state index contributed by atoms with van der Waals surface area (Å²) >= 11 is 0. The number of hydrogen-bond donors (Lipinski definition) is 1. The van der Waals surface area contributed by atoms with Gasteiger partial charge < -0.3 is 5.11 Å². The highest BCUT2D eigenvalue weighted by Crippen LogP contribution is 2.40. The summed E-state index contributed by atoms with van der Waals surface area (Å²) in [5.74, 6) is 0. The fraction of sp³-hybridized carbons (Fsp3) is 0.500. The van der Waals surface area contributed by atoms with Gasteiger partial charge in [0.15, 0.2) is 0 Å². The predicted octanol–water partition coefficient (Wildman–Crippen LogP) is 5.51. The Morgan fingerprint density at radius 3 is 2.52 bits per heavy atom. The van der Waals surface area contributed by atoms with Gasteiger partial charge in [0.25, 0.3) is 0 Å². The van der Waals surface area contributed by atoms with Crippen molar-refractivity contribution in [1.82, 2.24) is 0 Å². The molecule has 0 radical (unpaired) electrons. The second kappa shape index (κ2) is 8.19. The van der Waals surface area contributed by atoms with Crippen LogP contribution in [0.4, 0.5) is 0 Å². The maximum atomic E-state index is 8.81. The molecule has 0 aliphatic heterocycles. The van der Waals surface area contributed by atoms with Gasteiger partial charge in [-0.15, -0.1) is 0 Å². The minimum absolute atomic E-state index is 0.0985. The topological polar surface area (TPSA) is 20.2 Å². The summed E-state index contributed by atoms with van der Waals surface area (Å²) in [6.45, 7) is 11.2. The van der Waals surface area contributed by atoms with E-state index in [1.54, 1.807) is 6.08 Å². The van der Waals surface area contributed by atoms with Gasteiger partial charge in [0.05, 0.1) is 6.61 Å². The lowest BCUT2D eigenvalue weighted by Gasteiger charge is -2.32. The first-order chi connectivity index (χ1) is 9.86. The normalized spacial score (nSPS) is 20.9. The number of aliphatic hydroxyl groups is 1. The first-order valence-corrected chi connectivity index (χ1v) is 7.87. The SMILES string of the molecule is CC1=C(\C=C/C(C)=C\C=C\C(C)=C\CO)C(C)(C)CCC1. The van der Waals surface area contributed by atoms with E-state index in [1.807, 2.05) is 19.1 Å². The Kier molecular flexibility index (Phi) is 6.91. The molecule has 0 atom stereocenters. The van der Waals surface area contributed by atoms with Crippen LogP contribution in [0, 0.1) is 5.41 Å². The highest BCUT2D eigenvalue weighted by atomic mass is 16.2. The van der Waals surface area contributed by atoms with Crippen molar-refractivity contribution >= 4 is 0 Å². The molecular weight excluding hydrogens is 256 g/mol. The van der Waals surface area contributed by atoms with Crippen LogP contribution in [0.1, 0.15) is 53.9 Å². The monoisotopic (exact) mass is 286 g/mol. The second-order valence-electron chi connectivity index (χ2n) is 6.67. The maximum absolute atomic E-state index is 8.81. The molecule has 0 aromatic carbocycles. The molecule has 0 aromatic heterocycles. The molecule has 0 saturated carbocycles. The summed E-state index contributed by atoms with van der Waals surface area (Å²) in [6.07, 6.45) is 16.3.